The molecule has 2 aromatic carbocycles. The summed E-state index contributed by atoms with van der Waals surface area (Å²) in [4.78, 5) is 30.1. The number of fused-ring (bicyclic) bond motifs is 3. The maximum Gasteiger partial charge on any atom is 0.329 e. The Labute approximate surface area is 352 Å². The van der Waals surface area contributed by atoms with Crippen LogP contribution in [0.25, 0.3) is 5.00 Å². The average molecular weight is 858 g/mol. The summed E-state index contributed by atoms with van der Waals surface area (Å²) in [5.41, 5.74) is 4.48. The smallest absolute Gasteiger partial charge is 0.329 e. The fourth-order valence-electron chi connectivity index (χ4n) is 5.85. The second-order valence-corrected chi connectivity index (χ2v) is 14.8. The average Bonchev–Trinajstić information content (AvgIpc) is 3.70. The highest BCUT2D eigenvalue weighted by molar-refractivity contribution is 7.15. The molecule has 0 saturated heterocycles. The van der Waals surface area contributed by atoms with Crippen molar-refractivity contribution < 1.29 is 52.6 Å². The van der Waals surface area contributed by atoms with E-state index in [2.05, 4.69) is 29.4 Å². The SMILES string of the molecule is Cc1sc2c(c1C)C(c1ccc(Cl)cc1)=NC(CC(=O)Nc1ccc(OCCOCCOCCOCCOCCOCCOCCOCC(=O)O)cc1)c1nnc(C)n1-2. The fraction of sp³-hybridized carbons (Fsp3) is 0.488. The van der Waals surface area contributed by atoms with Crippen LogP contribution in [-0.2, 0) is 42.7 Å². The summed E-state index contributed by atoms with van der Waals surface area (Å²) in [6, 6.07) is 14.2. The van der Waals surface area contributed by atoms with Crippen molar-refractivity contribution in [3.8, 4) is 10.8 Å². The molecular weight excluding hydrogens is 806 g/mol. The third kappa shape index (κ3) is 14.7. The molecule has 1 unspecified atom stereocenters. The van der Waals surface area contributed by atoms with Crippen LogP contribution in [0.2, 0.25) is 5.02 Å². The molecule has 0 spiro atoms. The molecule has 1 amide bonds. The maximum atomic E-state index is 13.5. The standard InChI is InChI=1S/C41H52ClN5O11S/c1-28-29(2)59-41-38(28)39(31-4-6-32(42)7-5-31)44-35(40-46-45-30(3)47(40)41)26-36(48)43-33-8-10-34(11-9-33)58-25-24-56-21-20-54-17-16-52-13-12-51-14-15-53-18-19-55-22-23-57-27-37(49)50/h4-11,35H,12-27H2,1-3H3,(H,43,48)(H,49,50). The summed E-state index contributed by atoms with van der Waals surface area (Å²) in [5, 5.41) is 22.0. The van der Waals surface area contributed by atoms with Crippen molar-refractivity contribution >= 4 is 46.2 Å². The molecule has 2 aromatic heterocycles. The molecule has 0 radical (unpaired) electrons. The number of ether oxygens (including phenoxy) is 8. The van der Waals surface area contributed by atoms with Crippen molar-refractivity contribution in [2.45, 2.75) is 33.2 Å². The minimum atomic E-state index is -1.00. The van der Waals surface area contributed by atoms with E-state index < -0.39 is 12.0 Å². The van der Waals surface area contributed by atoms with E-state index in [0.29, 0.717) is 108 Å². The van der Waals surface area contributed by atoms with Gasteiger partial charge in [0, 0.05) is 26.7 Å². The third-order valence-corrected chi connectivity index (χ3v) is 10.3. The van der Waals surface area contributed by atoms with E-state index in [9.17, 15) is 9.59 Å². The lowest BCUT2D eigenvalue weighted by molar-refractivity contribution is -0.142. The Morgan fingerprint density at radius 1 is 0.729 bits per heavy atom. The lowest BCUT2D eigenvalue weighted by atomic mass is 9.99. The Morgan fingerprint density at radius 3 is 1.80 bits per heavy atom. The molecule has 5 rings (SSSR count). The van der Waals surface area contributed by atoms with Crippen molar-refractivity contribution in [1.82, 2.24) is 14.8 Å². The molecule has 18 heteroatoms. The molecule has 0 saturated carbocycles. The summed E-state index contributed by atoms with van der Waals surface area (Å²) in [6.45, 7) is 11.4. The van der Waals surface area contributed by atoms with Gasteiger partial charge in [0.1, 0.15) is 35.8 Å². The second-order valence-electron chi connectivity index (χ2n) is 13.2. The Bertz CT molecular complexity index is 1940. The van der Waals surface area contributed by atoms with Gasteiger partial charge >= 0.3 is 5.97 Å². The zero-order valence-electron chi connectivity index (χ0n) is 33.6. The number of halogens is 1. The summed E-state index contributed by atoms with van der Waals surface area (Å²) in [7, 11) is 0. The number of hydrogen-bond acceptors (Lipinski definition) is 14. The summed E-state index contributed by atoms with van der Waals surface area (Å²) < 4.78 is 45.4. The molecule has 2 N–H and O–H groups in total. The number of aryl methyl sites for hydroxylation is 2. The minimum Gasteiger partial charge on any atom is -0.491 e. The third-order valence-electron chi connectivity index (χ3n) is 8.83. The van der Waals surface area contributed by atoms with Gasteiger partial charge in [-0.3, -0.25) is 14.4 Å². The quantitative estimate of drug-likeness (QED) is 0.0693. The fourth-order valence-corrected chi connectivity index (χ4v) is 7.19. The van der Waals surface area contributed by atoms with Gasteiger partial charge in [-0.05, 0) is 62.7 Å². The normalized spacial score (nSPS) is 13.4. The number of thiophene rings is 1. The number of carbonyl (C=O) groups is 2. The number of benzene rings is 2. The number of amides is 1. The van der Waals surface area contributed by atoms with Crippen LogP contribution in [-0.4, -0.2) is 137 Å². The van der Waals surface area contributed by atoms with E-state index in [-0.39, 0.29) is 25.5 Å². The van der Waals surface area contributed by atoms with E-state index in [1.54, 1.807) is 35.6 Å². The molecule has 3 heterocycles. The van der Waals surface area contributed by atoms with Gasteiger partial charge in [0.15, 0.2) is 5.82 Å². The molecule has 59 heavy (non-hydrogen) atoms. The maximum absolute atomic E-state index is 13.5. The Hall–Kier alpha value is -4.30. The van der Waals surface area contributed by atoms with Crippen LogP contribution in [0.1, 0.15) is 45.7 Å². The molecule has 1 aliphatic rings. The van der Waals surface area contributed by atoms with Gasteiger partial charge in [0.2, 0.25) is 5.91 Å². The van der Waals surface area contributed by atoms with Crippen molar-refractivity contribution in [1.29, 1.82) is 0 Å². The Balaban J connectivity index is 0.920. The predicted molar refractivity (Wildman–Crippen MR) is 222 cm³/mol. The number of nitrogens with one attached hydrogen (secondary N) is 1. The first-order valence-corrected chi connectivity index (χ1v) is 20.6. The van der Waals surface area contributed by atoms with E-state index in [1.165, 1.54) is 4.88 Å². The van der Waals surface area contributed by atoms with Crippen LogP contribution in [0.15, 0.2) is 53.5 Å². The van der Waals surface area contributed by atoms with E-state index in [0.717, 1.165) is 33.2 Å². The van der Waals surface area contributed by atoms with Gasteiger partial charge in [-0.2, -0.15) is 0 Å². The Kier molecular flexibility index (Phi) is 19.2. The zero-order valence-corrected chi connectivity index (χ0v) is 35.2. The monoisotopic (exact) mass is 857 g/mol. The second kappa shape index (κ2) is 24.7. The summed E-state index contributed by atoms with van der Waals surface area (Å²) >= 11 is 7.89. The number of carboxylic acids is 1. The largest absolute Gasteiger partial charge is 0.491 e. The highest BCUT2D eigenvalue weighted by atomic mass is 35.5. The number of aliphatic carboxylic acids is 1. The van der Waals surface area contributed by atoms with Crippen LogP contribution >= 0.6 is 22.9 Å². The number of aliphatic imine (C=N–C) groups is 1. The van der Waals surface area contributed by atoms with Gasteiger partial charge in [-0.1, -0.05) is 23.7 Å². The summed E-state index contributed by atoms with van der Waals surface area (Å²) in [5.74, 6) is 0.797. The number of hydrogen-bond donors (Lipinski definition) is 2. The van der Waals surface area contributed by atoms with E-state index >= 15 is 0 Å². The lowest BCUT2D eigenvalue weighted by Gasteiger charge is -2.13. The number of anilines is 1. The van der Waals surface area contributed by atoms with Gasteiger partial charge in [0.05, 0.1) is 98.0 Å². The first-order chi connectivity index (χ1) is 28.7. The number of carboxylic acid groups (broad SMARTS) is 1. The molecule has 0 aliphatic carbocycles. The number of rotatable bonds is 28. The molecule has 16 nitrogen and oxygen atoms in total. The van der Waals surface area contributed by atoms with E-state index in [1.807, 2.05) is 35.8 Å². The molecule has 0 fully saturated rings. The van der Waals surface area contributed by atoms with E-state index in [4.69, 9.17) is 59.6 Å². The van der Waals surface area contributed by atoms with Gasteiger partial charge in [0.25, 0.3) is 0 Å². The molecule has 320 valence electrons. The van der Waals surface area contributed by atoms with Crippen LogP contribution < -0.4 is 10.1 Å². The van der Waals surface area contributed by atoms with Crippen molar-refractivity contribution in [2.75, 3.05) is 104 Å². The minimum absolute atomic E-state index is 0.0677. The van der Waals surface area contributed by atoms with Crippen LogP contribution in [0.3, 0.4) is 0 Å². The highest BCUT2D eigenvalue weighted by Crippen LogP contribution is 2.39. The van der Waals surface area contributed by atoms with Crippen LogP contribution in [0, 0.1) is 20.8 Å². The van der Waals surface area contributed by atoms with Crippen LogP contribution in [0.4, 0.5) is 5.69 Å². The first kappa shape index (κ1) is 45.8. The Morgan fingerprint density at radius 2 is 1.25 bits per heavy atom. The highest BCUT2D eigenvalue weighted by Gasteiger charge is 2.32. The molecule has 1 atom stereocenters. The zero-order chi connectivity index (χ0) is 41.8. The molecule has 0 bridgehead atoms. The van der Waals surface area contributed by atoms with Gasteiger partial charge < -0.3 is 48.3 Å². The van der Waals surface area contributed by atoms with Crippen molar-refractivity contribution in [3.05, 3.63) is 86.8 Å². The van der Waals surface area contributed by atoms with Crippen molar-refractivity contribution in [3.63, 3.8) is 0 Å². The molecular formula is C41H52ClN5O11S. The first-order valence-electron chi connectivity index (χ1n) is 19.4. The lowest BCUT2D eigenvalue weighted by Crippen LogP contribution is -2.17. The van der Waals surface area contributed by atoms with Crippen LogP contribution in [0.5, 0.6) is 5.75 Å². The number of carbonyl (C=O) groups excluding carboxylic acids is 1. The number of aromatic nitrogens is 3. The summed E-state index contributed by atoms with van der Waals surface area (Å²) in [6.07, 6.45) is 0.0677. The number of nitrogens with zero attached hydrogens (tertiary/aromatic N) is 4. The van der Waals surface area contributed by atoms with Crippen molar-refractivity contribution in [2.24, 2.45) is 4.99 Å². The molecule has 4 aromatic rings. The topological polar surface area (TPSA) is 183 Å². The predicted octanol–water partition coefficient (Wildman–Crippen LogP) is 5.41. The van der Waals surface area contributed by atoms with Gasteiger partial charge in [-0.25, -0.2) is 4.79 Å². The molecule has 1 aliphatic heterocycles. The van der Waals surface area contributed by atoms with Gasteiger partial charge in [-0.15, -0.1) is 21.5 Å².